The third-order valence-corrected chi connectivity index (χ3v) is 4.06. The molecule has 2 N–H and O–H groups in total. The molecule has 0 bridgehead atoms. The maximum atomic E-state index is 11.9. The van der Waals surface area contributed by atoms with Crippen molar-refractivity contribution in [3.8, 4) is 0 Å². The van der Waals surface area contributed by atoms with Crippen LogP contribution in [0, 0.1) is 5.92 Å². The molecule has 0 aliphatic carbocycles. The Bertz CT molecular complexity index is 624. The quantitative estimate of drug-likeness (QED) is 0.878. The Morgan fingerprint density at radius 1 is 1.32 bits per heavy atom. The number of carboxylic acid groups (broad SMARTS) is 1. The lowest BCUT2D eigenvalue weighted by molar-refractivity contribution is -0.122. The highest BCUT2D eigenvalue weighted by Gasteiger charge is 2.23. The van der Waals surface area contributed by atoms with Crippen LogP contribution in [0.4, 0.5) is 0 Å². The molecule has 104 valence electrons. The topological polar surface area (TPSA) is 101 Å². The third kappa shape index (κ3) is 3.68. The molecule has 0 aliphatic rings. The predicted octanol–water partition coefficient (Wildman–Crippen LogP) is 1.50. The van der Waals surface area contributed by atoms with Crippen LogP contribution in [0.2, 0.25) is 5.02 Å². The summed E-state index contributed by atoms with van der Waals surface area (Å²) in [5.41, 5.74) is -0.234. The standard InChI is InChI=1S/C11H12ClNO5S/c1-6(2)10(14)13-19(17,18)9-5-7(11(15)16)3-4-8(9)12/h3-6H,1-2H3,(H,13,14)(H,15,16). The van der Waals surface area contributed by atoms with E-state index in [1.54, 1.807) is 0 Å². The first-order valence-electron chi connectivity index (χ1n) is 5.24. The van der Waals surface area contributed by atoms with Gasteiger partial charge in [0.05, 0.1) is 10.6 Å². The van der Waals surface area contributed by atoms with Gasteiger partial charge in [-0.25, -0.2) is 17.9 Å². The van der Waals surface area contributed by atoms with Gasteiger partial charge in [0.15, 0.2) is 0 Å². The number of sulfonamides is 1. The fourth-order valence-corrected chi connectivity index (χ4v) is 2.79. The summed E-state index contributed by atoms with van der Waals surface area (Å²) in [6.45, 7) is 3.06. The van der Waals surface area contributed by atoms with Crippen LogP contribution in [0.5, 0.6) is 0 Å². The first-order valence-corrected chi connectivity index (χ1v) is 7.10. The van der Waals surface area contributed by atoms with Crippen molar-refractivity contribution in [1.82, 2.24) is 4.72 Å². The number of hydrogen-bond donors (Lipinski definition) is 2. The zero-order chi connectivity index (χ0) is 14.8. The van der Waals surface area contributed by atoms with E-state index in [2.05, 4.69) is 0 Å². The van der Waals surface area contributed by atoms with Crippen molar-refractivity contribution in [3.05, 3.63) is 28.8 Å². The molecule has 8 heteroatoms. The molecule has 0 aromatic heterocycles. The number of carbonyl (C=O) groups excluding carboxylic acids is 1. The average molecular weight is 306 g/mol. The lowest BCUT2D eigenvalue weighted by Gasteiger charge is -2.10. The molecule has 0 atom stereocenters. The average Bonchev–Trinajstić information content (AvgIpc) is 2.28. The number of carboxylic acids is 1. The van der Waals surface area contributed by atoms with Crippen molar-refractivity contribution in [2.24, 2.45) is 5.92 Å². The second-order valence-electron chi connectivity index (χ2n) is 4.07. The monoisotopic (exact) mass is 305 g/mol. The lowest BCUT2D eigenvalue weighted by Crippen LogP contribution is -2.33. The van der Waals surface area contributed by atoms with E-state index in [9.17, 15) is 18.0 Å². The Morgan fingerprint density at radius 3 is 2.37 bits per heavy atom. The molecular weight excluding hydrogens is 294 g/mol. The van der Waals surface area contributed by atoms with Gasteiger partial charge in [-0.05, 0) is 18.2 Å². The summed E-state index contributed by atoms with van der Waals surface area (Å²) in [6.07, 6.45) is 0. The van der Waals surface area contributed by atoms with Gasteiger partial charge >= 0.3 is 5.97 Å². The van der Waals surface area contributed by atoms with Gasteiger partial charge in [-0.2, -0.15) is 0 Å². The van der Waals surface area contributed by atoms with Crippen LogP contribution < -0.4 is 4.72 Å². The van der Waals surface area contributed by atoms with Gasteiger partial charge in [-0.1, -0.05) is 25.4 Å². The molecular formula is C11H12ClNO5S. The number of aromatic carboxylic acids is 1. The minimum atomic E-state index is -4.19. The van der Waals surface area contributed by atoms with Crippen LogP contribution in [0.25, 0.3) is 0 Å². The zero-order valence-corrected chi connectivity index (χ0v) is 11.7. The summed E-state index contributed by atoms with van der Waals surface area (Å²) in [6, 6.07) is 3.23. The molecule has 19 heavy (non-hydrogen) atoms. The van der Waals surface area contributed by atoms with Crippen molar-refractivity contribution in [2.75, 3.05) is 0 Å². The SMILES string of the molecule is CC(C)C(=O)NS(=O)(=O)c1cc(C(=O)O)ccc1Cl. The van der Waals surface area contributed by atoms with Crippen LogP contribution >= 0.6 is 11.6 Å². The van der Waals surface area contributed by atoms with Crippen molar-refractivity contribution in [3.63, 3.8) is 0 Å². The van der Waals surface area contributed by atoms with Gasteiger partial charge in [0, 0.05) is 5.92 Å². The summed E-state index contributed by atoms with van der Waals surface area (Å²) in [4.78, 5) is 21.8. The van der Waals surface area contributed by atoms with Crippen molar-refractivity contribution in [1.29, 1.82) is 0 Å². The number of benzene rings is 1. The Kier molecular flexibility index (Phi) is 4.54. The van der Waals surface area contributed by atoms with Gasteiger partial charge in [0.25, 0.3) is 10.0 Å². The number of nitrogens with one attached hydrogen (secondary N) is 1. The molecule has 1 aromatic carbocycles. The van der Waals surface area contributed by atoms with E-state index in [4.69, 9.17) is 16.7 Å². The molecule has 6 nitrogen and oxygen atoms in total. The molecule has 1 aromatic rings. The first kappa shape index (κ1) is 15.5. The molecule has 0 spiro atoms. The van der Waals surface area contributed by atoms with Gasteiger partial charge < -0.3 is 5.11 Å². The van der Waals surface area contributed by atoms with Crippen LogP contribution in [-0.2, 0) is 14.8 Å². The van der Waals surface area contributed by atoms with E-state index in [1.807, 2.05) is 4.72 Å². The van der Waals surface area contributed by atoms with E-state index in [1.165, 1.54) is 19.9 Å². The molecule has 0 fully saturated rings. The zero-order valence-electron chi connectivity index (χ0n) is 10.2. The molecule has 1 rings (SSSR count). The Hall–Kier alpha value is -1.60. The van der Waals surface area contributed by atoms with E-state index in [0.717, 1.165) is 12.1 Å². The minimum Gasteiger partial charge on any atom is -0.478 e. The summed E-state index contributed by atoms with van der Waals surface area (Å²) >= 11 is 5.73. The normalized spacial score (nSPS) is 11.4. The van der Waals surface area contributed by atoms with E-state index < -0.39 is 32.7 Å². The molecule has 0 radical (unpaired) electrons. The second kappa shape index (κ2) is 5.58. The second-order valence-corrected chi connectivity index (χ2v) is 6.13. The van der Waals surface area contributed by atoms with E-state index >= 15 is 0 Å². The van der Waals surface area contributed by atoms with Crippen LogP contribution in [-0.4, -0.2) is 25.4 Å². The molecule has 1 amide bonds. The first-order chi connectivity index (χ1) is 8.65. The van der Waals surface area contributed by atoms with Gasteiger partial charge in [-0.3, -0.25) is 4.79 Å². The van der Waals surface area contributed by atoms with Gasteiger partial charge in [0.2, 0.25) is 5.91 Å². The minimum absolute atomic E-state index is 0.158. The number of hydrogen-bond acceptors (Lipinski definition) is 4. The molecule has 0 aliphatic heterocycles. The van der Waals surface area contributed by atoms with Gasteiger partial charge in [0.1, 0.15) is 4.90 Å². The summed E-state index contributed by atoms with van der Waals surface area (Å²) in [5, 5.41) is 8.65. The summed E-state index contributed by atoms with van der Waals surface area (Å²) in [5.74, 6) is -2.52. The largest absolute Gasteiger partial charge is 0.478 e. The summed E-state index contributed by atoms with van der Waals surface area (Å²) < 4.78 is 25.7. The fourth-order valence-electron chi connectivity index (χ4n) is 1.15. The number of halogens is 1. The molecule has 0 unspecified atom stereocenters. The molecule has 0 heterocycles. The van der Waals surface area contributed by atoms with Crippen LogP contribution in [0.3, 0.4) is 0 Å². The fraction of sp³-hybridized carbons (Fsp3) is 0.273. The van der Waals surface area contributed by atoms with Gasteiger partial charge in [-0.15, -0.1) is 0 Å². The van der Waals surface area contributed by atoms with Crippen LogP contribution in [0.15, 0.2) is 23.1 Å². The third-order valence-electron chi connectivity index (χ3n) is 2.23. The highest BCUT2D eigenvalue weighted by molar-refractivity contribution is 7.90. The smallest absolute Gasteiger partial charge is 0.335 e. The number of carbonyl (C=O) groups is 2. The van der Waals surface area contributed by atoms with Crippen LogP contribution in [0.1, 0.15) is 24.2 Å². The maximum Gasteiger partial charge on any atom is 0.335 e. The highest BCUT2D eigenvalue weighted by atomic mass is 35.5. The van der Waals surface area contributed by atoms with Crippen molar-refractivity contribution >= 4 is 33.5 Å². The predicted molar refractivity (Wildman–Crippen MR) is 68.6 cm³/mol. The Morgan fingerprint density at radius 2 is 1.89 bits per heavy atom. The maximum absolute atomic E-state index is 11.9. The van der Waals surface area contributed by atoms with E-state index in [0.29, 0.717) is 0 Å². The van der Waals surface area contributed by atoms with Crippen molar-refractivity contribution < 1.29 is 23.1 Å². The lowest BCUT2D eigenvalue weighted by atomic mass is 10.2. The summed E-state index contributed by atoms with van der Waals surface area (Å²) in [7, 11) is -4.19. The Labute approximate surface area is 115 Å². The number of rotatable bonds is 4. The number of amides is 1. The molecule has 0 saturated heterocycles. The molecule has 0 saturated carbocycles. The highest BCUT2D eigenvalue weighted by Crippen LogP contribution is 2.22. The van der Waals surface area contributed by atoms with Crippen molar-refractivity contribution in [2.45, 2.75) is 18.7 Å². The Balaban J connectivity index is 3.24. The van der Waals surface area contributed by atoms with E-state index in [-0.39, 0.29) is 10.6 Å².